The Hall–Kier alpha value is -1.55. The van der Waals surface area contributed by atoms with Crippen molar-refractivity contribution in [1.29, 1.82) is 0 Å². The molecule has 1 saturated heterocycles. The molecule has 1 aromatic carbocycles. The molecule has 1 aromatic rings. The number of amides is 1. The van der Waals surface area contributed by atoms with Crippen molar-refractivity contribution in [2.24, 2.45) is 5.92 Å². The number of carbonyl (C=O) groups is 1. The Balaban J connectivity index is 1.64. The van der Waals surface area contributed by atoms with Gasteiger partial charge >= 0.3 is 6.09 Å². The highest BCUT2D eigenvalue weighted by molar-refractivity contribution is 5.70. The second kappa shape index (κ2) is 6.25. The molecule has 1 amide bonds. The molecular formula is C13H17NO3. The summed E-state index contributed by atoms with van der Waals surface area (Å²) in [5.74, 6) is 1.14. The van der Waals surface area contributed by atoms with Crippen LogP contribution in [0.3, 0.4) is 0 Å². The average molecular weight is 235 g/mol. The maximum absolute atomic E-state index is 11.4. The zero-order valence-corrected chi connectivity index (χ0v) is 9.72. The second-order valence-corrected chi connectivity index (χ2v) is 4.15. The zero-order chi connectivity index (χ0) is 11.9. The molecule has 4 heteroatoms. The van der Waals surface area contributed by atoms with Gasteiger partial charge in [-0.15, -0.1) is 0 Å². The Morgan fingerprint density at radius 1 is 1.41 bits per heavy atom. The van der Waals surface area contributed by atoms with Crippen LogP contribution >= 0.6 is 0 Å². The molecule has 4 nitrogen and oxygen atoms in total. The number of carbonyl (C=O) groups excluding carboxylic acids is 1. The van der Waals surface area contributed by atoms with Crippen LogP contribution in [0.25, 0.3) is 0 Å². The van der Waals surface area contributed by atoms with E-state index < -0.39 is 6.09 Å². The fraction of sp³-hybridized carbons (Fsp3) is 0.462. The quantitative estimate of drug-likeness (QED) is 0.870. The summed E-state index contributed by atoms with van der Waals surface area (Å²) in [6, 6.07) is 9.05. The van der Waals surface area contributed by atoms with Gasteiger partial charge in [0.15, 0.2) is 0 Å². The molecule has 2 rings (SSSR count). The number of hydrogen-bond acceptors (Lipinski definition) is 3. The van der Waals surface area contributed by atoms with Gasteiger partial charge in [-0.05, 0) is 30.9 Å². The van der Waals surface area contributed by atoms with E-state index in [2.05, 4.69) is 5.32 Å². The van der Waals surface area contributed by atoms with Gasteiger partial charge in [-0.1, -0.05) is 18.2 Å². The van der Waals surface area contributed by atoms with Crippen LogP contribution in [-0.4, -0.2) is 25.9 Å². The van der Waals surface area contributed by atoms with Crippen molar-refractivity contribution in [1.82, 2.24) is 5.32 Å². The first-order valence-electron chi connectivity index (χ1n) is 5.93. The Bertz CT molecular complexity index is 347. The van der Waals surface area contributed by atoms with Gasteiger partial charge in [0.2, 0.25) is 0 Å². The predicted molar refractivity (Wildman–Crippen MR) is 64.0 cm³/mol. The van der Waals surface area contributed by atoms with Crippen LogP contribution in [0.4, 0.5) is 4.79 Å². The lowest BCUT2D eigenvalue weighted by Gasteiger charge is -2.09. The fourth-order valence-electron chi connectivity index (χ4n) is 1.82. The molecule has 0 radical (unpaired) electrons. The lowest BCUT2D eigenvalue weighted by atomic mass is 10.1. The molecular weight excluding hydrogens is 218 g/mol. The van der Waals surface area contributed by atoms with Crippen LogP contribution in [0.5, 0.6) is 5.75 Å². The van der Waals surface area contributed by atoms with E-state index in [-0.39, 0.29) is 0 Å². The number of para-hydroxylation sites is 1. The fourth-order valence-corrected chi connectivity index (χ4v) is 1.82. The number of rotatable bonds is 4. The van der Waals surface area contributed by atoms with Crippen molar-refractivity contribution in [3.63, 3.8) is 0 Å². The van der Waals surface area contributed by atoms with Gasteiger partial charge in [-0.2, -0.15) is 0 Å². The molecule has 1 fully saturated rings. The van der Waals surface area contributed by atoms with Crippen LogP contribution < -0.4 is 10.1 Å². The van der Waals surface area contributed by atoms with Gasteiger partial charge in [-0.3, -0.25) is 0 Å². The van der Waals surface area contributed by atoms with Gasteiger partial charge in [0.1, 0.15) is 5.75 Å². The lowest BCUT2D eigenvalue weighted by molar-refractivity contribution is 0.182. The summed E-state index contributed by atoms with van der Waals surface area (Å²) >= 11 is 0. The van der Waals surface area contributed by atoms with E-state index in [1.54, 1.807) is 12.1 Å². The molecule has 1 N–H and O–H groups in total. The smallest absolute Gasteiger partial charge is 0.410 e. The molecule has 1 atom stereocenters. The van der Waals surface area contributed by atoms with E-state index >= 15 is 0 Å². The summed E-state index contributed by atoms with van der Waals surface area (Å²) in [7, 11) is 0. The number of nitrogens with one attached hydrogen (secondary N) is 1. The van der Waals surface area contributed by atoms with E-state index in [1.807, 2.05) is 18.2 Å². The van der Waals surface area contributed by atoms with Gasteiger partial charge in [0, 0.05) is 19.8 Å². The van der Waals surface area contributed by atoms with Crippen LogP contribution in [0, 0.1) is 5.92 Å². The third-order valence-electron chi connectivity index (χ3n) is 2.80. The Labute approximate surface area is 101 Å². The molecule has 0 spiro atoms. The summed E-state index contributed by atoms with van der Waals surface area (Å²) in [5.41, 5.74) is 0. The summed E-state index contributed by atoms with van der Waals surface area (Å²) in [5, 5.41) is 2.74. The minimum Gasteiger partial charge on any atom is -0.410 e. The number of ether oxygens (including phenoxy) is 2. The van der Waals surface area contributed by atoms with Crippen LogP contribution in [0.15, 0.2) is 30.3 Å². The van der Waals surface area contributed by atoms with Crippen LogP contribution in [0.1, 0.15) is 12.8 Å². The van der Waals surface area contributed by atoms with E-state index in [1.165, 1.54) is 0 Å². The lowest BCUT2D eigenvalue weighted by Crippen LogP contribution is -2.28. The molecule has 1 heterocycles. The standard InChI is InChI=1S/C13H17NO3/c15-13(17-12-4-2-1-3-5-12)14-8-6-11-7-9-16-10-11/h1-5,11H,6-10H2,(H,14,15). The molecule has 1 aliphatic heterocycles. The third-order valence-corrected chi connectivity index (χ3v) is 2.80. The molecule has 0 bridgehead atoms. The first-order valence-corrected chi connectivity index (χ1v) is 5.93. The number of hydrogen-bond donors (Lipinski definition) is 1. The van der Waals surface area contributed by atoms with Gasteiger partial charge in [-0.25, -0.2) is 4.79 Å². The molecule has 0 aromatic heterocycles. The maximum Gasteiger partial charge on any atom is 0.412 e. The highest BCUT2D eigenvalue weighted by Crippen LogP contribution is 2.15. The normalized spacial score (nSPS) is 18.9. The highest BCUT2D eigenvalue weighted by atomic mass is 16.6. The maximum atomic E-state index is 11.4. The van der Waals surface area contributed by atoms with E-state index in [0.29, 0.717) is 18.2 Å². The Morgan fingerprint density at radius 3 is 2.94 bits per heavy atom. The summed E-state index contributed by atoms with van der Waals surface area (Å²) in [6.07, 6.45) is 1.65. The van der Waals surface area contributed by atoms with Crippen molar-refractivity contribution in [3.8, 4) is 5.75 Å². The Morgan fingerprint density at radius 2 is 2.24 bits per heavy atom. The van der Waals surface area contributed by atoms with E-state index in [0.717, 1.165) is 26.1 Å². The number of benzene rings is 1. The molecule has 92 valence electrons. The monoisotopic (exact) mass is 235 g/mol. The third kappa shape index (κ3) is 4.07. The van der Waals surface area contributed by atoms with Gasteiger partial charge < -0.3 is 14.8 Å². The van der Waals surface area contributed by atoms with E-state index in [9.17, 15) is 4.79 Å². The van der Waals surface area contributed by atoms with Crippen molar-refractivity contribution in [2.45, 2.75) is 12.8 Å². The summed E-state index contributed by atoms with van der Waals surface area (Å²) in [6.45, 7) is 2.30. The van der Waals surface area contributed by atoms with E-state index in [4.69, 9.17) is 9.47 Å². The van der Waals surface area contributed by atoms with Crippen LogP contribution in [0.2, 0.25) is 0 Å². The molecule has 0 saturated carbocycles. The minimum absolute atomic E-state index is 0.393. The molecule has 1 unspecified atom stereocenters. The topological polar surface area (TPSA) is 47.6 Å². The van der Waals surface area contributed by atoms with Crippen molar-refractivity contribution in [3.05, 3.63) is 30.3 Å². The highest BCUT2D eigenvalue weighted by Gasteiger charge is 2.15. The van der Waals surface area contributed by atoms with Crippen molar-refractivity contribution >= 4 is 6.09 Å². The minimum atomic E-state index is -0.393. The largest absolute Gasteiger partial charge is 0.412 e. The van der Waals surface area contributed by atoms with Gasteiger partial charge in [0.05, 0.1) is 0 Å². The predicted octanol–water partition coefficient (Wildman–Crippen LogP) is 2.20. The SMILES string of the molecule is O=C(NCCC1CCOC1)Oc1ccccc1. The Kier molecular flexibility index (Phi) is 4.38. The average Bonchev–Trinajstić information content (AvgIpc) is 2.83. The van der Waals surface area contributed by atoms with Gasteiger partial charge in [0.25, 0.3) is 0 Å². The summed E-state index contributed by atoms with van der Waals surface area (Å²) < 4.78 is 10.4. The first-order chi connectivity index (χ1) is 8.34. The zero-order valence-electron chi connectivity index (χ0n) is 9.72. The molecule has 17 heavy (non-hydrogen) atoms. The van der Waals surface area contributed by atoms with Crippen molar-refractivity contribution < 1.29 is 14.3 Å². The molecule has 0 aliphatic carbocycles. The summed E-state index contributed by atoms with van der Waals surface area (Å²) in [4.78, 5) is 11.4. The molecule has 1 aliphatic rings. The van der Waals surface area contributed by atoms with Crippen LogP contribution in [-0.2, 0) is 4.74 Å². The second-order valence-electron chi connectivity index (χ2n) is 4.15. The van der Waals surface area contributed by atoms with Crippen molar-refractivity contribution in [2.75, 3.05) is 19.8 Å². The first kappa shape index (κ1) is 11.9.